The minimum atomic E-state index is -0.472. The molecule has 0 radical (unpaired) electrons. The van der Waals surface area contributed by atoms with Crippen LogP contribution >= 0.6 is 11.6 Å². The van der Waals surface area contributed by atoms with E-state index in [0.717, 1.165) is 5.69 Å². The number of nitrogens with zero attached hydrogens (tertiary/aromatic N) is 2. The lowest BCUT2D eigenvalue weighted by molar-refractivity contribution is 0.174. The van der Waals surface area contributed by atoms with Crippen LogP contribution in [0.15, 0.2) is 48.8 Å². The van der Waals surface area contributed by atoms with Crippen molar-refractivity contribution < 1.29 is 13.9 Å². The van der Waals surface area contributed by atoms with Crippen LogP contribution in [-0.2, 0) is 0 Å². The molecule has 1 aromatic heterocycles. The number of rotatable bonds is 4. The smallest absolute Gasteiger partial charge is 0.231 e. The summed E-state index contributed by atoms with van der Waals surface area (Å²) < 4.78 is 23.9. The number of benzene rings is 2. The van der Waals surface area contributed by atoms with Crippen LogP contribution in [0.2, 0.25) is 5.02 Å². The van der Waals surface area contributed by atoms with Gasteiger partial charge in [-0.25, -0.2) is 14.4 Å². The summed E-state index contributed by atoms with van der Waals surface area (Å²) in [6.07, 6.45) is 1.42. The molecule has 3 aromatic rings. The number of fused-ring (bicyclic) bond motifs is 1. The molecule has 25 heavy (non-hydrogen) atoms. The van der Waals surface area contributed by atoms with Crippen molar-refractivity contribution in [1.82, 2.24) is 9.97 Å². The molecule has 2 heterocycles. The molecular weight excluding hydrogens is 347 g/mol. The zero-order valence-corrected chi connectivity index (χ0v) is 13.5. The van der Waals surface area contributed by atoms with E-state index < -0.39 is 5.82 Å². The van der Waals surface area contributed by atoms with Crippen LogP contribution in [0.25, 0.3) is 0 Å². The van der Waals surface area contributed by atoms with E-state index in [9.17, 15) is 4.39 Å². The zero-order valence-electron chi connectivity index (χ0n) is 12.8. The van der Waals surface area contributed by atoms with Gasteiger partial charge in [0.05, 0.1) is 5.02 Å². The van der Waals surface area contributed by atoms with Crippen molar-refractivity contribution in [2.24, 2.45) is 0 Å². The largest absolute Gasteiger partial charge is 0.454 e. The lowest BCUT2D eigenvalue weighted by atomic mass is 10.2. The zero-order chi connectivity index (χ0) is 17.2. The van der Waals surface area contributed by atoms with E-state index in [1.807, 2.05) is 18.2 Å². The summed E-state index contributed by atoms with van der Waals surface area (Å²) in [5, 5.41) is 6.26. The molecule has 126 valence electrons. The number of ether oxygens (including phenoxy) is 2. The topological polar surface area (TPSA) is 68.3 Å². The molecule has 2 aromatic carbocycles. The molecule has 0 unspecified atom stereocenters. The molecule has 0 fully saturated rings. The van der Waals surface area contributed by atoms with E-state index in [1.165, 1.54) is 18.5 Å². The van der Waals surface area contributed by atoms with Gasteiger partial charge in [-0.05, 0) is 30.3 Å². The average Bonchev–Trinajstić information content (AvgIpc) is 3.06. The standard InChI is InChI=1S/C17H12ClFN4O2/c18-12-5-10(1-3-13(12)19)22-16-7-17(21-8-20-16)23-11-2-4-14-15(6-11)25-9-24-14/h1-8H,9H2,(H2,20,21,22,23). The molecule has 4 rings (SSSR count). The molecule has 0 atom stereocenters. The fourth-order valence-electron chi connectivity index (χ4n) is 2.34. The predicted molar refractivity (Wildman–Crippen MR) is 92.6 cm³/mol. The first-order valence-corrected chi connectivity index (χ1v) is 7.76. The number of hydrogen-bond donors (Lipinski definition) is 2. The first-order chi connectivity index (χ1) is 12.2. The summed E-state index contributed by atoms with van der Waals surface area (Å²) in [5.41, 5.74) is 1.43. The first-order valence-electron chi connectivity index (χ1n) is 7.38. The Morgan fingerprint density at radius 1 is 0.880 bits per heavy atom. The maximum Gasteiger partial charge on any atom is 0.231 e. The van der Waals surface area contributed by atoms with Gasteiger partial charge in [0, 0.05) is 23.5 Å². The van der Waals surface area contributed by atoms with Gasteiger partial charge in [-0.2, -0.15) is 0 Å². The number of aromatic nitrogens is 2. The van der Waals surface area contributed by atoms with E-state index in [0.29, 0.717) is 28.8 Å². The highest BCUT2D eigenvalue weighted by molar-refractivity contribution is 6.31. The molecule has 2 N–H and O–H groups in total. The van der Waals surface area contributed by atoms with Gasteiger partial charge in [-0.1, -0.05) is 11.6 Å². The van der Waals surface area contributed by atoms with Crippen LogP contribution in [0, 0.1) is 5.82 Å². The van der Waals surface area contributed by atoms with Crippen LogP contribution in [0.5, 0.6) is 11.5 Å². The molecule has 8 heteroatoms. The second kappa shape index (κ2) is 6.45. The maximum absolute atomic E-state index is 13.2. The predicted octanol–water partition coefficient (Wildman–Crippen LogP) is 4.49. The summed E-state index contributed by atoms with van der Waals surface area (Å²) in [5.74, 6) is 2.05. The summed E-state index contributed by atoms with van der Waals surface area (Å²) in [6, 6.07) is 11.6. The number of nitrogens with one attached hydrogen (secondary N) is 2. The third kappa shape index (κ3) is 3.41. The van der Waals surface area contributed by atoms with Crippen LogP contribution in [0.3, 0.4) is 0 Å². The molecule has 1 aliphatic rings. The van der Waals surface area contributed by atoms with Crippen molar-refractivity contribution in [3.8, 4) is 11.5 Å². The van der Waals surface area contributed by atoms with E-state index in [-0.39, 0.29) is 11.8 Å². The van der Waals surface area contributed by atoms with Crippen molar-refractivity contribution in [3.05, 3.63) is 59.6 Å². The average molecular weight is 359 g/mol. The van der Waals surface area contributed by atoms with Crippen LogP contribution in [0.1, 0.15) is 0 Å². The quantitative estimate of drug-likeness (QED) is 0.716. The Hall–Kier alpha value is -3.06. The van der Waals surface area contributed by atoms with Gasteiger partial charge >= 0.3 is 0 Å². The van der Waals surface area contributed by atoms with E-state index in [2.05, 4.69) is 20.6 Å². The Bertz CT molecular complexity index is 938. The molecule has 0 saturated carbocycles. The lowest BCUT2D eigenvalue weighted by Gasteiger charge is -2.09. The number of anilines is 4. The van der Waals surface area contributed by atoms with Gasteiger partial charge in [-0.3, -0.25) is 0 Å². The SMILES string of the molecule is Fc1ccc(Nc2cc(Nc3ccc4c(c3)OCO4)ncn2)cc1Cl. The lowest BCUT2D eigenvalue weighted by Crippen LogP contribution is -1.98. The Labute approximate surface area is 147 Å². The Kier molecular flexibility index (Phi) is 3.99. The number of hydrogen-bond acceptors (Lipinski definition) is 6. The monoisotopic (exact) mass is 358 g/mol. The highest BCUT2D eigenvalue weighted by Gasteiger charge is 2.13. The summed E-state index contributed by atoms with van der Waals surface area (Å²) in [7, 11) is 0. The van der Waals surface area contributed by atoms with Gasteiger partial charge in [0.25, 0.3) is 0 Å². The summed E-state index contributed by atoms with van der Waals surface area (Å²) in [4.78, 5) is 8.32. The van der Waals surface area contributed by atoms with Crippen LogP contribution < -0.4 is 20.1 Å². The van der Waals surface area contributed by atoms with E-state index in [4.69, 9.17) is 21.1 Å². The highest BCUT2D eigenvalue weighted by Crippen LogP contribution is 2.35. The fourth-order valence-corrected chi connectivity index (χ4v) is 2.52. The van der Waals surface area contributed by atoms with Gasteiger partial charge in [0.1, 0.15) is 23.8 Å². The summed E-state index contributed by atoms with van der Waals surface area (Å²) >= 11 is 5.78. The fraction of sp³-hybridized carbons (Fsp3) is 0.0588. The minimum Gasteiger partial charge on any atom is -0.454 e. The van der Waals surface area contributed by atoms with Gasteiger partial charge in [0.15, 0.2) is 11.5 Å². The molecule has 0 spiro atoms. The normalized spacial score (nSPS) is 12.1. The molecule has 0 aliphatic carbocycles. The van der Waals surface area contributed by atoms with Gasteiger partial charge < -0.3 is 20.1 Å². The highest BCUT2D eigenvalue weighted by atomic mass is 35.5. The van der Waals surface area contributed by atoms with Crippen LogP contribution in [0.4, 0.5) is 27.4 Å². The van der Waals surface area contributed by atoms with Crippen molar-refractivity contribution in [2.75, 3.05) is 17.4 Å². The second-order valence-corrected chi connectivity index (χ2v) is 5.64. The van der Waals surface area contributed by atoms with E-state index >= 15 is 0 Å². The Morgan fingerprint density at radius 2 is 1.56 bits per heavy atom. The molecular formula is C17H12ClFN4O2. The van der Waals surface area contributed by atoms with E-state index in [1.54, 1.807) is 12.1 Å². The first kappa shape index (κ1) is 15.5. The second-order valence-electron chi connectivity index (χ2n) is 5.24. The van der Waals surface area contributed by atoms with Crippen molar-refractivity contribution >= 4 is 34.6 Å². The van der Waals surface area contributed by atoms with Crippen molar-refractivity contribution in [2.45, 2.75) is 0 Å². The summed E-state index contributed by atoms with van der Waals surface area (Å²) in [6.45, 7) is 0.223. The molecule has 6 nitrogen and oxygen atoms in total. The molecule has 0 amide bonds. The minimum absolute atomic E-state index is 0.0396. The third-order valence-corrected chi connectivity index (χ3v) is 3.79. The molecule has 1 aliphatic heterocycles. The number of halogens is 2. The Morgan fingerprint density at radius 3 is 2.32 bits per heavy atom. The molecule has 0 saturated heterocycles. The van der Waals surface area contributed by atoms with Gasteiger partial charge in [0.2, 0.25) is 6.79 Å². The van der Waals surface area contributed by atoms with Crippen LogP contribution in [-0.4, -0.2) is 16.8 Å². The van der Waals surface area contributed by atoms with Gasteiger partial charge in [-0.15, -0.1) is 0 Å². The van der Waals surface area contributed by atoms with Crippen molar-refractivity contribution in [1.29, 1.82) is 0 Å². The third-order valence-electron chi connectivity index (χ3n) is 3.50. The molecule has 0 bridgehead atoms. The van der Waals surface area contributed by atoms with Crippen molar-refractivity contribution in [3.63, 3.8) is 0 Å². The Balaban J connectivity index is 1.52. The maximum atomic E-state index is 13.2.